The second kappa shape index (κ2) is 16.6. The number of carboxylic acids is 1. The van der Waals surface area contributed by atoms with Gasteiger partial charge in [0.1, 0.15) is 17.3 Å². The van der Waals surface area contributed by atoms with Gasteiger partial charge in [-0.3, -0.25) is 19.4 Å². The van der Waals surface area contributed by atoms with Gasteiger partial charge in [0.2, 0.25) is 11.8 Å². The number of benzene rings is 3. The highest BCUT2D eigenvalue weighted by molar-refractivity contribution is 7.13. The van der Waals surface area contributed by atoms with Crippen molar-refractivity contribution in [3.63, 3.8) is 0 Å². The van der Waals surface area contributed by atoms with E-state index in [1.165, 1.54) is 17.4 Å². The molecule has 16 heteroatoms. The molecule has 0 radical (unpaired) electrons. The summed E-state index contributed by atoms with van der Waals surface area (Å²) in [7, 11) is 0. The van der Waals surface area contributed by atoms with Crippen molar-refractivity contribution < 1.29 is 41.4 Å². The van der Waals surface area contributed by atoms with Gasteiger partial charge in [-0.1, -0.05) is 35.9 Å². The van der Waals surface area contributed by atoms with E-state index < -0.39 is 24.5 Å². The van der Waals surface area contributed by atoms with Gasteiger partial charge in [0.05, 0.1) is 16.4 Å². The smallest absolute Gasteiger partial charge is 0.387 e. The monoisotopic (exact) mass is 839 g/mol. The quantitative estimate of drug-likeness (QED) is 0.118. The summed E-state index contributed by atoms with van der Waals surface area (Å²) in [6.45, 7) is 1.65. The van der Waals surface area contributed by atoms with Gasteiger partial charge in [-0.15, -0.1) is 11.3 Å². The molecular formula is C42H42ClF4N5O5S. The number of likely N-dealkylation sites (tertiary alicyclic amines) is 1. The molecule has 1 atom stereocenters. The van der Waals surface area contributed by atoms with E-state index in [-0.39, 0.29) is 42.5 Å². The lowest BCUT2D eigenvalue weighted by Gasteiger charge is -2.31. The van der Waals surface area contributed by atoms with E-state index in [1.54, 1.807) is 23.1 Å². The van der Waals surface area contributed by atoms with Crippen LogP contribution in [-0.4, -0.2) is 75.0 Å². The summed E-state index contributed by atoms with van der Waals surface area (Å²) in [5.74, 6) is -3.42. The number of fused-ring (bicyclic) bond motifs is 2. The second-order valence-corrected chi connectivity index (χ2v) is 16.9. The number of oxazole rings is 1. The second-order valence-electron chi connectivity index (χ2n) is 15.4. The first-order valence-corrected chi connectivity index (χ1v) is 20.7. The fourth-order valence-electron chi connectivity index (χ4n) is 8.42. The fraction of sp³-hybridized carbons (Fsp3) is 0.429. The lowest BCUT2D eigenvalue weighted by Crippen LogP contribution is -2.35. The number of anilines is 1. The molecule has 5 aromatic rings. The van der Waals surface area contributed by atoms with Crippen LogP contribution in [-0.2, 0) is 24.3 Å². The molecule has 3 aliphatic rings. The van der Waals surface area contributed by atoms with Crippen LogP contribution in [0.2, 0.25) is 5.02 Å². The van der Waals surface area contributed by atoms with Gasteiger partial charge in [-0.2, -0.15) is 8.78 Å². The van der Waals surface area contributed by atoms with Gasteiger partial charge in [0.25, 0.3) is 5.91 Å². The summed E-state index contributed by atoms with van der Waals surface area (Å²) in [6.07, 6.45) is 3.86. The van der Waals surface area contributed by atoms with Crippen molar-refractivity contribution in [2.24, 2.45) is 5.92 Å². The molecule has 10 nitrogen and oxygen atoms in total. The number of ether oxygens (including phenoxy) is 1. The lowest BCUT2D eigenvalue weighted by atomic mass is 9.84. The predicted octanol–water partition coefficient (Wildman–Crippen LogP) is 10.1. The number of hydrogen-bond acceptors (Lipinski definition) is 9. The topological polar surface area (TPSA) is 121 Å². The molecule has 2 fully saturated rings. The van der Waals surface area contributed by atoms with Crippen LogP contribution < -0.4 is 10.1 Å². The third-order valence-corrected chi connectivity index (χ3v) is 13.2. The zero-order chi connectivity index (χ0) is 40.7. The van der Waals surface area contributed by atoms with Crippen LogP contribution in [0.5, 0.6) is 5.75 Å². The van der Waals surface area contributed by atoms with Gasteiger partial charge in [-0.25, -0.2) is 18.7 Å². The van der Waals surface area contributed by atoms with Crippen LogP contribution in [0.3, 0.4) is 0 Å². The number of amides is 1. The first kappa shape index (κ1) is 40.2. The molecule has 3 aromatic carbocycles. The van der Waals surface area contributed by atoms with E-state index in [1.807, 2.05) is 31.2 Å². The van der Waals surface area contributed by atoms with E-state index in [0.29, 0.717) is 82.6 Å². The first-order valence-electron chi connectivity index (χ1n) is 19.5. The summed E-state index contributed by atoms with van der Waals surface area (Å²) in [4.78, 5) is 39.8. The van der Waals surface area contributed by atoms with Crippen LogP contribution in [0.1, 0.15) is 76.4 Å². The Morgan fingerprint density at radius 2 is 1.83 bits per heavy atom. The van der Waals surface area contributed by atoms with Gasteiger partial charge in [0, 0.05) is 60.1 Å². The van der Waals surface area contributed by atoms with Gasteiger partial charge < -0.3 is 19.6 Å². The molecule has 1 aliphatic carbocycles. The summed E-state index contributed by atoms with van der Waals surface area (Å²) < 4.78 is 65.1. The molecule has 2 aliphatic heterocycles. The molecule has 8 rings (SSSR count). The number of aromatic nitrogens is 2. The zero-order valence-electron chi connectivity index (χ0n) is 31.7. The van der Waals surface area contributed by atoms with Crippen molar-refractivity contribution in [2.75, 3.05) is 25.0 Å². The normalized spacial score (nSPS) is 18.8. The van der Waals surface area contributed by atoms with E-state index in [2.05, 4.69) is 10.2 Å². The van der Waals surface area contributed by atoms with E-state index in [0.717, 1.165) is 47.6 Å². The maximum absolute atomic E-state index is 13.6. The van der Waals surface area contributed by atoms with Crippen molar-refractivity contribution in [3.05, 3.63) is 80.3 Å². The Morgan fingerprint density at radius 3 is 2.60 bits per heavy atom. The number of halogens is 5. The van der Waals surface area contributed by atoms with Gasteiger partial charge in [-0.05, 0) is 93.8 Å². The van der Waals surface area contributed by atoms with Crippen LogP contribution in [0.25, 0.3) is 33.7 Å². The summed E-state index contributed by atoms with van der Waals surface area (Å²) >= 11 is 8.35. The minimum atomic E-state index is -3.10. The Hall–Kier alpha value is -4.57. The standard InChI is InChI=1S/C42H42ClF4N5O5S/c1-23-26(5-2-6-27(23)38-49-30-19-25(21-52-16-4-9-32(52)40(54)55)33(57-41(44)45)20-34(30)56-38)28-7-3-8-29(36(28)43)48-37(53)39-50-31-22-51(18-13-35(31)58-39)17-12-24-10-14-42(46,47)15-11-24/h2-3,5-8,19-20,24,32,41H,4,9-18,21-22H2,1H3,(H,48,53)(H,54,55)/t32-/m0/s1. The molecule has 4 heterocycles. The highest BCUT2D eigenvalue weighted by atomic mass is 35.5. The van der Waals surface area contributed by atoms with Crippen molar-refractivity contribution in [1.29, 1.82) is 0 Å². The molecule has 0 unspecified atom stereocenters. The van der Waals surface area contributed by atoms with Crippen LogP contribution in [0.4, 0.5) is 23.2 Å². The van der Waals surface area contributed by atoms with Crippen LogP contribution >= 0.6 is 22.9 Å². The Kier molecular flexibility index (Phi) is 11.5. The maximum atomic E-state index is 13.6. The fourth-order valence-corrected chi connectivity index (χ4v) is 9.65. The Balaban J connectivity index is 0.982. The van der Waals surface area contributed by atoms with Gasteiger partial charge in [0.15, 0.2) is 10.6 Å². The van der Waals surface area contributed by atoms with Crippen LogP contribution in [0, 0.1) is 12.8 Å². The minimum absolute atomic E-state index is 0.0295. The number of nitrogens with one attached hydrogen (secondary N) is 1. The molecular weight excluding hydrogens is 798 g/mol. The molecule has 0 spiro atoms. The molecule has 2 aromatic heterocycles. The van der Waals surface area contributed by atoms with Crippen molar-refractivity contribution >= 4 is 51.6 Å². The maximum Gasteiger partial charge on any atom is 0.387 e. The summed E-state index contributed by atoms with van der Waals surface area (Å²) in [5.41, 5.74) is 5.08. The highest BCUT2D eigenvalue weighted by Crippen LogP contribution is 2.41. The average molecular weight is 840 g/mol. The summed E-state index contributed by atoms with van der Waals surface area (Å²) in [5, 5.41) is 13.3. The number of rotatable bonds is 12. The van der Waals surface area contributed by atoms with E-state index in [9.17, 15) is 32.3 Å². The number of alkyl halides is 4. The first-order chi connectivity index (χ1) is 27.8. The average Bonchev–Trinajstić information content (AvgIpc) is 3.94. The molecule has 1 saturated carbocycles. The number of hydrogen-bond donors (Lipinski definition) is 2. The number of thiazole rings is 1. The number of aliphatic carboxylic acids is 1. The third kappa shape index (κ3) is 8.59. The molecule has 58 heavy (non-hydrogen) atoms. The Labute approximate surface area is 341 Å². The Morgan fingerprint density at radius 1 is 1.07 bits per heavy atom. The number of nitrogens with zero attached hydrogens (tertiary/aromatic N) is 4. The van der Waals surface area contributed by atoms with Crippen molar-refractivity contribution in [3.8, 4) is 28.3 Å². The third-order valence-electron chi connectivity index (χ3n) is 11.6. The van der Waals surface area contributed by atoms with Gasteiger partial charge >= 0.3 is 12.6 Å². The number of carbonyl (C=O) groups is 2. The zero-order valence-corrected chi connectivity index (χ0v) is 33.3. The van der Waals surface area contributed by atoms with E-state index >= 15 is 0 Å². The number of carbonyl (C=O) groups excluding carboxylic acids is 1. The molecule has 306 valence electrons. The molecule has 1 amide bonds. The lowest BCUT2D eigenvalue weighted by molar-refractivity contribution is -0.142. The van der Waals surface area contributed by atoms with Crippen LogP contribution in [0.15, 0.2) is 52.9 Å². The Bertz CT molecular complexity index is 2340. The molecule has 2 N–H and O–H groups in total. The van der Waals surface area contributed by atoms with Crippen molar-refractivity contribution in [1.82, 2.24) is 19.8 Å². The molecule has 1 saturated heterocycles. The van der Waals surface area contributed by atoms with E-state index in [4.69, 9.17) is 30.7 Å². The highest BCUT2D eigenvalue weighted by Gasteiger charge is 2.35. The largest absolute Gasteiger partial charge is 0.480 e. The number of carboxylic acid groups (broad SMARTS) is 1. The molecule has 0 bridgehead atoms. The summed E-state index contributed by atoms with van der Waals surface area (Å²) in [6, 6.07) is 13.1. The minimum Gasteiger partial charge on any atom is -0.480 e. The predicted molar refractivity (Wildman–Crippen MR) is 213 cm³/mol. The SMILES string of the molecule is Cc1c(-c2nc3cc(CN4CCC[C@H]4C(=O)O)c(OC(F)F)cc3o2)cccc1-c1cccc(NC(=O)c2nc3c(s2)CCN(CCC2CCC(F)(F)CC2)C3)c1Cl. The van der Waals surface area contributed by atoms with Crippen molar-refractivity contribution in [2.45, 2.75) is 90.0 Å².